The fraction of sp³-hybridized carbons (Fsp3) is 0.636. The maximum Gasteiger partial charge on any atom is 0.149 e. The van der Waals surface area contributed by atoms with E-state index < -0.39 is 0 Å². The van der Waals surface area contributed by atoms with Gasteiger partial charge < -0.3 is 0 Å². The number of carbonyl (C=O) groups is 1. The molecule has 0 amide bonds. The van der Waals surface area contributed by atoms with Gasteiger partial charge in [0.25, 0.3) is 0 Å². The summed E-state index contributed by atoms with van der Waals surface area (Å²) in [7, 11) is 2.03. The van der Waals surface area contributed by atoms with E-state index in [1.807, 2.05) is 19.5 Å². The normalized spacial score (nSPS) is 21.5. The number of thiazole rings is 1. The van der Waals surface area contributed by atoms with Gasteiger partial charge in [0, 0.05) is 17.8 Å². The molecule has 1 aromatic rings. The molecule has 0 radical (unpaired) electrons. The van der Waals surface area contributed by atoms with Gasteiger partial charge in [-0.05, 0) is 26.8 Å². The first kappa shape index (κ1) is 10.8. The van der Waals surface area contributed by atoms with Gasteiger partial charge in [0.05, 0.1) is 17.2 Å². The molecule has 0 aliphatic heterocycles. The third-order valence-corrected chi connectivity index (χ3v) is 3.96. The summed E-state index contributed by atoms with van der Waals surface area (Å²) in [6.07, 6.45) is 2.83. The van der Waals surface area contributed by atoms with Crippen LogP contribution in [0, 0.1) is 6.92 Å². The largest absolute Gasteiger partial charge is 0.298 e. The number of likely N-dealkylation sites (N-methyl/N-ethyl adjacent to an activating group) is 1. The number of ketones is 1. The van der Waals surface area contributed by atoms with Gasteiger partial charge in [-0.2, -0.15) is 0 Å². The number of aromatic nitrogens is 1. The summed E-state index contributed by atoms with van der Waals surface area (Å²) >= 11 is 1.67. The molecule has 1 fully saturated rings. The van der Waals surface area contributed by atoms with Gasteiger partial charge in [-0.3, -0.25) is 9.69 Å². The van der Waals surface area contributed by atoms with E-state index in [-0.39, 0.29) is 6.04 Å². The van der Waals surface area contributed by atoms with Crippen LogP contribution in [0.4, 0.5) is 0 Å². The van der Waals surface area contributed by atoms with Crippen molar-refractivity contribution in [2.45, 2.75) is 38.8 Å². The van der Waals surface area contributed by atoms with E-state index in [4.69, 9.17) is 0 Å². The molecular formula is C11H16N2OS. The third-order valence-electron chi connectivity index (χ3n) is 3.04. The molecule has 0 N–H and O–H groups in total. The summed E-state index contributed by atoms with van der Waals surface area (Å²) < 4.78 is 0. The van der Waals surface area contributed by atoms with Crippen molar-refractivity contribution < 1.29 is 4.79 Å². The molecule has 4 heteroatoms. The Morgan fingerprint density at radius 3 is 3.00 bits per heavy atom. The van der Waals surface area contributed by atoms with Crippen LogP contribution in [0.2, 0.25) is 0 Å². The number of hydrogen-bond acceptors (Lipinski definition) is 4. The molecule has 1 aliphatic carbocycles. The minimum Gasteiger partial charge on any atom is -0.298 e. The summed E-state index contributed by atoms with van der Waals surface area (Å²) in [6, 6.07) is 0.145. The summed E-state index contributed by atoms with van der Waals surface area (Å²) in [6.45, 7) is 2.88. The van der Waals surface area contributed by atoms with E-state index in [1.165, 1.54) is 4.88 Å². The Hall–Kier alpha value is -0.740. The second kappa shape index (κ2) is 4.41. The van der Waals surface area contributed by atoms with E-state index >= 15 is 0 Å². The number of aryl methyl sites for hydroxylation is 1. The van der Waals surface area contributed by atoms with Crippen LogP contribution in [0.25, 0.3) is 0 Å². The molecule has 2 rings (SSSR count). The number of hydrogen-bond donors (Lipinski definition) is 0. The van der Waals surface area contributed by atoms with E-state index in [9.17, 15) is 4.79 Å². The molecule has 1 aromatic heterocycles. The van der Waals surface area contributed by atoms with Gasteiger partial charge in [0.1, 0.15) is 5.78 Å². The second-order valence-electron chi connectivity index (χ2n) is 4.15. The summed E-state index contributed by atoms with van der Waals surface area (Å²) in [5, 5.41) is 0. The van der Waals surface area contributed by atoms with Crippen LogP contribution < -0.4 is 0 Å². The minimum atomic E-state index is 0.145. The lowest BCUT2D eigenvalue weighted by molar-refractivity contribution is -0.121. The lowest BCUT2D eigenvalue weighted by atomic mass is 10.2. The summed E-state index contributed by atoms with van der Waals surface area (Å²) in [5.74, 6) is 0.402. The van der Waals surface area contributed by atoms with E-state index in [1.54, 1.807) is 11.3 Å². The lowest BCUT2D eigenvalue weighted by Crippen LogP contribution is -2.34. The monoisotopic (exact) mass is 224 g/mol. The van der Waals surface area contributed by atoms with Crippen molar-refractivity contribution in [1.29, 1.82) is 0 Å². The van der Waals surface area contributed by atoms with Crippen LogP contribution in [-0.2, 0) is 11.3 Å². The number of carbonyl (C=O) groups excluding carboxylic acids is 1. The minimum absolute atomic E-state index is 0.145. The maximum atomic E-state index is 11.6. The number of Topliss-reactive ketones (excluding diaryl/α,β-unsaturated/α-hetero) is 1. The highest BCUT2D eigenvalue weighted by molar-refractivity contribution is 7.09. The van der Waals surface area contributed by atoms with E-state index in [0.29, 0.717) is 5.78 Å². The predicted molar refractivity (Wildman–Crippen MR) is 61.0 cm³/mol. The van der Waals surface area contributed by atoms with Gasteiger partial charge in [0.15, 0.2) is 0 Å². The molecule has 1 atom stereocenters. The quantitative estimate of drug-likeness (QED) is 0.787. The first-order chi connectivity index (χ1) is 7.18. The molecule has 82 valence electrons. The van der Waals surface area contributed by atoms with Crippen LogP contribution in [0.1, 0.15) is 29.8 Å². The summed E-state index contributed by atoms with van der Waals surface area (Å²) in [4.78, 5) is 19.2. The van der Waals surface area contributed by atoms with Crippen molar-refractivity contribution >= 4 is 17.1 Å². The lowest BCUT2D eigenvalue weighted by Gasteiger charge is -2.22. The first-order valence-corrected chi connectivity index (χ1v) is 6.18. The van der Waals surface area contributed by atoms with Crippen molar-refractivity contribution in [2.24, 2.45) is 0 Å². The Balaban J connectivity index is 2.00. The van der Waals surface area contributed by atoms with Crippen molar-refractivity contribution in [2.75, 3.05) is 7.05 Å². The smallest absolute Gasteiger partial charge is 0.149 e. The zero-order chi connectivity index (χ0) is 10.8. The highest BCUT2D eigenvalue weighted by atomic mass is 32.1. The van der Waals surface area contributed by atoms with Gasteiger partial charge in [-0.1, -0.05) is 0 Å². The molecule has 0 aromatic carbocycles. The predicted octanol–water partition coefficient (Wildman–Crippen LogP) is 2.00. The van der Waals surface area contributed by atoms with Crippen molar-refractivity contribution in [1.82, 2.24) is 9.88 Å². The van der Waals surface area contributed by atoms with E-state index in [0.717, 1.165) is 31.5 Å². The highest BCUT2D eigenvalue weighted by Crippen LogP contribution is 2.22. The Kier molecular flexibility index (Phi) is 3.17. The van der Waals surface area contributed by atoms with Crippen molar-refractivity contribution in [3.63, 3.8) is 0 Å². The Morgan fingerprint density at radius 1 is 1.67 bits per heavy atom. The molecule has 1 saturated carbocycles. The molecule has 0 spiro atoms. The summed E-state index contributed by atoms with van der Waals surface area (Å²) in [5.41, 5.74) is 2.96. The van der Waals surface area contributed by atoms with Crippen molar-refractivity contribution in [3.05, 3.63) is 16.1 Å². The Bertz CT molecular complexity index is 361. The van der Waals surface area contributed by atoms with Gasteiger partial charge in [-0.15, -0.1) is 11.3 Å². The standard InChI is InChI=1S/C11H16N2OS/c1-8-11(15-7-12-8)6-13(2)9-4-3-5-10(9)14/h7,9H,3-6H2,1-2H3. The molecule has 1 heterocycles. The zero-order valence-electron chi connectivity index (χ0n) is 9.19. The topological polar surface area (TPSA) is 33.2 Å². The average Bonchev–Trinajstić information content (AvgIpc) is 2.76. The Labute approximate surface area is 94.1 Å². The molecular weight excluding hydrogens is 208 g/mol. The van der Waals surface area contributed by atoms with E-state index in [2.05, 4.69) is 9.88 Å². The molecule has 1 unspecified atom stereocenters. The highest BCUT2D eigenvalue weighted by Gasteiger charge is 2.28. The van der Waals surface area contributed by atoms with Gasteiger partial charge in [-0.25, -0.2) is 4.98 Å². The van der Waals surface area contributed by atoms with Crippen molar-refractivity contribution in [3.8, 4) is 0 Å². The van der Waals surface area contributed by atoms with Crippen LogP contribution >= 0.6 is 11.3 Å². The number of nitrogens with zero attached hydrogens (tertiary/aromatic N) is 2. The zero-order valence-corrected chi connectivity index (χ0v) is 10.0. The molecule has 3 nitrogen and oxygen atoms in total. The average molecular weight is 224 g/mol. The van der Waals surface area contributed by atoms with Gasteiger partial charge >= 0.3 is 0 Å². The van der Waals surface area contributed by atoms with Crippen LogP contribution in [0.3, 0.4) is 0 Å². The fourth-order valence-electron chi connectivity index (χ4n) is 2.08. The first-order valence-electron chi connectivity index (χ1n) is 5.30. The molecule has 0 bridgehead atoms. The second-order valence-corrected chi connectivity index (χ2v) is 5.09. The third kappa shape index (κ3) is 2.26. The van der Waals surface area contributed by atoms with Crippen LogP contribution in [-0.4, -0.2) is 28.8 Å². The SMILES string of the molecule is Cc1ncsc1CN(C)C1CCCC1=O. The van der Waals surface area contributed by atoms with Crippen LogP contribution in [0.5, 0.6) is 0 Å². The molecule has 0 saturated heterocycles. The number of rotatable bonds is 3. The fourth-order valence-corrected chi connectivity index (χ4v) is 2.92. The van der Waals surface area contributed by atoms with Gasteiger partial charge in [0.2, 0.25) is 0 Å². The molecule has 15 heavy (non-hydrogen) atoms. The maximum absolute atomic E-state index is 11.6. The Morgan fingerprint density at radius 2 is 2.47 bits per heavy atom. The molecule has 1 aliphatic rings. The van der Waals surface area contributed by atoms with Crippen LogP contribution in [0.15, 0.2) is 5.51 Å².